The zero-order chi connectivity index (χ0) is 8.28. The molecule has 0 N–H and O–H groups in total. The molecule has 2 saturated carbocycles. The predicted octanol–water partition coefficient (Wildman–Crippen LogP) is 3.44. The SMILES string of the molecule is CC12CCC(C1)C(C)(C)C2Cl. The van der Waals surface area contributed by atoms with Crippen LogP contribution in [0, 0.1) is 16.7 Å². The van der Waals surface area contributed by atoms with Crippen molar-refractivity contribution in [2.24, 2.45) is 16.7 Å². The van der Waals surface area contributed by atoms with Crippen molar-refractivity contribution in [2.75, 3.05) is 0 Å². The summed E-state index contributed by atoms with van der Waals surface area (Å²) in [5, 5.41) is 0.411. The average Bonchev–Trinajstić information content (AvgIpc) is 2.36. The second kappa shape index (κ2) is 1.96. The Morgan fingerprint density at radius 1 is 1.27 bits per heavy atom. The minimum atomic E-state index is 0.397. The third-order valence-electron chi connectivity index (χ3n) is 4.09. The molecule has 1 heteroatoms. The number of fused-ring (bicyclic) bond motifs is 2. The molecule has 0 aromatic heterocycles. The van der Waals surface area contributed by atoms with Crippen molar-refractivity contribution in [2.45, 2.75) is 45.4 Å². The van der Waals surface area contributed by atoms with Gasteiger partial charge < -0.3 is 0 Å². The Bertz CT molecular complexity index is 181. The number of hydrogen-bond acceptors (Lipinski definition) is 0. The lowest BCUT2D eigenvalue weighted by molar-refractivity contribution is 0.190. The van der Waals surface area contributed by atoms with E-state index in [1.54, 1.807) is 0 Å². The van der Waals surface area contributed by atoms with E-state index in [0.29, 0.717) is 16.2 Å². The van der Waals surface area contributed by atoms with Crippen LogP contribution in [0.1, 0.15) is 40.0 Å². The van der Waals surface area contributed by atoms with Gasteiger partial charge in [0.25, 0.3) is 0 Å². The average molecular weight is 173 g/mol. The molecule has 2 aliphatic rings. The van der Waals surface area contributed by atoms with Crippen LogP contribution in [0.15, 0.2) is 0 Å². The van der Waals surface area contributed by atoms with Crippen LogP contribution < -0.4 is 0 Å². The van der Waals surface area contributed by atoms with Crippen molar-refractivity contribution >= 4 is 11.6 Å². The molecule has 3 unspecified atom stereocenters. The van der Waals surface area contributed by atoms with Crippen LogP contribution in [0.3, 0.4) is 0 Å². The minimum Gasteiger partial charge on any atom is -0.122 e. The van der Waals surface area contributed by atoms with Gasteiger partial charge in [0.1, 0.15) is 0 Å². The van der Waals surface area contributed by atoms with Gasteiger partial charge in [-0.2, -0.15) is 0 Å². The van der Waals surface area contributed by atoms with Gasteiger partial charge in [0, 0.05) is 5.38 Å². The molecule has 64 valence electrons. The van der Waals surface area contributed by atoms with E-state index in [9.17, 15) is 0 Å². The normalized spacial score (nSPS) is 53.5. The molecular weight excluding hydrogens is 156 g/mol. The summed E-state index contributed by atoms with van der Waals surface area (Å²) in [6.07, 6.45) is 4.14. The Morgan fingerprint density at radius 2 is 1.91 bits per heavy atom. The Balaban J connectivity index is 2.34. The molecule has 0 saturated heterocycles. The first-order valence-corrected chi connectivity index (χ1v) is 5.04. The van der Waals surface area contributed by atoms with E-state index in [2.05, 4.69) is 20.8 Å². The van der Waals surface area contributed by atoms with E-state index < -0.39 is 0 Å². The second-order valence-electron chi connectivity index (χ2n) is 5.28. The Hall–Kier alpha value is 0.290. The molecule has 3 atom stereocenters. The molecule has 2 aliphatic carbocycles. The van der Waals surface area contributed by atoms with Gasteiger partial charge in [0.2, 0.25) is 0 Å². The van der Waals surface area contributed by atoms with Crippen molar-refractivity contribution in [3.05, 3.63) is 0 Å². The molecule has 0 amide bonds. The number of hydrogen-bond donors (Lipinski definition) is 0. The van der Waals surface area contributed by atoms with E-state index in [1.807, 2.05) is 0 Å². The molecule has 0 nitrogen and oxygen atoms in total. The molecular formula is C10H17Cl. The first kappa shape index (κ1) is 7.91. The maximum Gasteiger partial charge on any atom is 0.0443 e. The Morgan fingerprint density at radius 3 is 2.18 bits per heavy atom. The summed E-state index contributed by atoms with van der Waals surface area (Å²) >= 11 is 6.44. The van der Waals surface area contributed by atoms with Crippen LogP contribution in [-0.2, 0) is 0 Å². The Kier molecular flexibility index (Phi) is 1.41. The summed E-state index contributed by atoms with van der Waals surface area (Å²) in [5.74, 6) is 0.898. The Labute approximate surface area is 74.3 Å². The molecule has 11 heavy (non-hydrogen) atoms. The van der Waals surface area contributed by atoms with Gasteiger partial charge in [0.15, 0.2) is 0 Å². The van der Waals surface area contributed by atoms with Crippen LogP contribution in [0.2, 0.25) is 0 Å². The van der Waals surface area contributed by atoms with Crippen molar-refractivity contribution < 1.29 is 0 Å². The molecule has 0 aliphatic heterocycles. The predicted molar refractivity (Wildman–Crippen MR) is 48.9 cm³/mol. The molecule has 0 radical (unpaired) electrons. The second-order valence-corrected chi connectivity index (χ2v) is 5.71. The highest BCUT2D eigenvalue weighted by Crippen LogP contribution is 2.64. The van der Waals surface area contributed by atoms with Gasteiger partial charge in [-0.3, -0.25) is 0 Å². The summed E-state index contributed by atoms with van der Waals surface area (Å²) in [6, 6.07) is 0. The van der Waals surface area contributed by atoms with Gasteiger partial charge in [-0.05, 0) is 36.0 Å². The van der Waals surface area contributed by atoms with Gasteiger partial charge in [-0.1, -0.05) is 20.8 Å². The highest BCUT2D eigenvalue weighted by atomic mass is 35.5. The van der Waals surface area contributed by atoms with Crippen molar-refractivity contribution in [3.8, 4) is 0 Å². The third kappa shape index (κ3) is 0.824. The quantitative estimate of drug-likeness (QED) is 0.491. The molecule has 0 heterocycles. The van der Waals surface area contributed by atoms with Crippen molar-refractivity contribution in [3.63, 3.8) is 0 Å². The summed E-state index contributed by atoms with van der Waals surface area (Å²) in [6.45, 7) is 7.03. The van der Waals surface area contributed by atoms with E-state index in [1.165, 1.54) is 19.3 Å². The van der Waals surface area contributed by atoms with E-state index in [0.717, 1.165) is 5.92 Å². The van der Waals surface area contributed by atoms with E-state index in [4.69, 9.17) is 11.6 Å². The zero-order valence-corrected chi connectivity index (χ0v) is 8.41. The van der Waals surface area contributed by atoms with Crippen molar-refractivity contribution in [1.29, 1.82) is 0 Å². The first-order valence-electron chi connectivity index (χ1n) is 4.61. The molecule has 2 bridgehead atoms. The highest BCUT2D eigenvalue weighted by molar-refractivity contribution is 6.21. The molecule has 2 fully saturated rings. The van der Waals surface area contributed by atoms with E-state index in [-0.39, 0.29) is 0 Å². The van der Waals surface area contributed by atoms with Crippen LogP contribution >= 0.6 is 11.6 Å². The maximum atomic E-state index is 6.44. The standard InChI is InChI=1S/C10H17Cl/c1-9(2)7-4-5-10(3,6-7)8(9)11/h7-8H,4-6H2,1-3H3. The molecule has 0 spiro atoms. The van der Waals surface area contributed by atoms with E-state index >= 15 is 0 Å². The summed E-state index contributed by atoms with van der Waals surface area (Å²) in [4.78, 5) is 0. The van der Waals surface area contributed by atoms with Crippen LogP contribution in [0.5, 0.6) is 0 Å². The van der Waals surface area contributed by atoms with Crippen LogP contribution in [0.25, 0.3) is 0 Å². The topological polar surface area (TPSA) is 0 Å². The maximum absolute atomic E-state index is 6.44. The largest absolute Gasteiger partial charge is 0.122 e. The van der Waals surface area contributed by atoms with Gasteiger partial charge in [0.05, 0.1) is 0 Å². The molecule has 0 aromatic rings. The first-order chi connectivity index (χ1) is 4.97. The fourth-order valence-electron chi connectivity index (χ4n) is 3.24. The van der Waals surface area contributed by atoms with Crippen molar-refractivity contribution in [1.82, 2.24) is 0 Å². The lowest BCUT2D eigenvalue weighted by Gasteiger charge is -2.38. The van der Waals surface area contributed by atoms with Crippen LogP contribution in [-0.4, -0.2) is 5.38 Å². The number of alkyl halides is 1. The van der Waals surface area contributed by atoms with Gasteiger partial charge in [-0.15, -0.1) is 11.6 Å². The van der Waals surface area contributed by atoms with Crippen LogP contribution in [0.4, 0.5) is 0 Å². The smallest absolute Gasteiger partial charge is 0.0443 e. The summed E-state index contributed by atoms with van der Waals surface area (Å²) < 4.78 is 0. The fourth-order valence-corrected chi connectivity index (χ4v) is 3.62. The molecule has 0 aromatic carbocycles. The zero-order valence-electron chi connectivity index (χ0n) is 7.65. The van der Waals surface area contributed by atoms with Gasteiger partial charge in [-0.25, -0.2) is 0 Å². The number of halogens is 1. The lowest BCUT2D eigenvalue weighted by Crippen LogP contribution is -2.35. The van der Waals surface area contributed by atoms with Gasteiger partial charge >= 0.3 is 0 Å². The molecule has 2 rings (SSSR count). The number of rotatable bonds is 0. The highest BCUT2D eigenvalue weighted by Gasteiger charge is 2.58. The summed E-state index contributed by atoms with van der Waals surface area (Å²) in [5.41, 5.74) is 0.865. The monoisotopic (exact) mass is 172 g/mol. The third-order valence-corrected chi connectivity index (χ3v) is 5.18. The minimum absolute atomic E-state index is 0.397. The fraction of sp³-hybridized carbons (Fsp3) is 1.00. The summed E-state index contributed by atoms with van der Waals surface area (Å²) in [7, 11) is 0. The lowest BCUT2D eigenvalue weighted by atomic mass is 9.72.